The lowest BCUT2D eigenvalue weighted by Crippen LogP contribution is -2.66. The maximum Gasteiger partial charge on any atom is 0.265 e. The highest BCUT2D eigenvalue weighted by Gasteiger charge is 2.80. The van der Waals surface area contributed by atoms with Crippen LogP contribution in [0.2, 0.25) is 5.02 Å². The molecule has 0 unspecified atom stereocenters. The number of halogens is 1. The highest BCUT2D eigenvalue weighted by molar-refractivity contribution is 6.30. The van der Waals surface area contributed by atoms with Crippen LogP contribution in [-0.2, 0) is 4.79 Å². The number of hydrogen-bond acceptors (Lipinski definition) is 3. The van der Waals surface area contributed by atoms with Crippen molar-refractivity contribution in [3.63, 3.8) is 0 Å². The van der Waals surface area contributed by atoms with Gasteiger partial charge in [-0.3, -0.25) is 15.0 Å². The predicted octanol–water partition coefficient (Wildman–Crippen LogP) is 2.35. The standard InChI is InChI=1S/C18H22ClN3O2/c1-16-10-22(21-14(23)11-3-5-13(19)6-4-11)18(15(20)24)9-12(16)7-8-17(16,18)2/h3-6,12H,7-10H2,1-2H3,(H2,20,24)(H,21,23)/t12-,16-,17-,18-/m0/s1. The normalized spacial score (nSPS) is 40.0. The van der Waals surface area contributed by atoms with E-state index in [1.54, 1.807) is 24.3 Å². The van der Waals surface area contributed by atoms with Crippen molar-refractivity contribution in [1.82, 2.24) is 10.4 Å². The number of nitrogens with zero attached hydrogens (tertiary/aromatic N) is 1. The molecule has 3 aliphatic rings. The summed E-state index contributed by atoms with van der Waals surface area (Å²) < 4.78 is 0. The lowest BCUT2D eigenvalue weighted by molar-refractivity contribution is -0.137. The van der Waals surface area contributed by atoms with E-state index in [2.05, 4.69) is 19.3 Å². The molecule has 128 valence electrons. The molecule has 1 aliphatic heterocycles. The van der Waals surface area contributed by atoms with Crippen LogP contribution in [0.1, 0.15) is 43.5 Å². The Hall–Kier alpha value is -1.59. The summed E-state index contributed by atoms with van der Waals surface area (Å²) in [6.07, 6.45) is 2.85. The number of carbonyl (C=O) groups is 2. The van der Waals surface area contributed by atoms with Crippen LogP contribution in [0.4, 0.5) is 0 Å². The molecule has 24 heavy (non-hydrogen) atoms. The zero-order chi connectivity index (χ0) is 17.3. The van der Waals surface area contributed by atoms with E-state index in [0.717, 1.165) is 19.3 Å². The van der Waals surface area contributed by atoms with Gasteiger partial charge in [0, 0.05) is 22.5 Å². The number of primary amides is 1. The van der Waals surface area contributed by atoms with Crippen LogP contribution >= 0.6 is 11.6 Å². The third-order valence-corrected chi connectivity index (χ3v) is 7.56. The monoisotopic (exact) mass is 347 g/mol. The molecule has 3 N–H and O–H groups in total. The van der Waals surface area contributed by atoms with Crippen molar-refractivity contribution < 1.29 is 9.59 Å². The highest BCUT2D eigenvalue weighted by atomic mass is 35.5. The van der Waals surface area contributed by atoms with Gasteiger partial charge in [-0.05, 0) is 54.9 Å². The van der Waals surface area contributed by atoms with Gasteiger partial charge in [-0.2, -0.15) is 0 Å². The van der Waals surface area contributed by atoms with E-state index >= 15 is 0 Å². The summed E-state index contributed by atoms with van der Waals surface area (Å²) in [5, 5.41) is 2.40. The zero-order valence-corrected chi connectivity index (χ0v) is 14.7. The first-order chi connectivity index (χ1) is 11.2. The molecule has 1 aromatic carbocycles. The number of piperidine rings is 1. The summed E-state index contributed by atoms with van der Waals surface area (Å²) in [4.78, 5) is 25.1. The molecule has 2 amide bonds. The van der Waals surface area contributed by atoms with Gasteiger partial charge in [-0.1, -0.05) is 25.4 Å². The van der Waals surface area contributed by atoms with Gasteiger partial charge >= 0.3 is 0 Å². The van der Waals surface area contributed by atoms with Crippen molar-refractivity contribution in [3.05, 3.63) is 34.9 Å². The maximum absolute atomic E-state index is 12.6. The first kappa shape index (κ1) is 15.9. The van der Waals surface area contributed by atoms with E-state index in [1.165, 1.54) is 0 Å². The molecule has 0 spiro atoms. The molecule has 1 saturated heterocycles. The van der Waals surface area contributed by atoms with Crippen molar-refractivity contribution in [3.8, 4) is 0 Å². The highest BCUT2D eigenvalue weighted by Crippen LogP contribution is 2.75. The summed E-state index contributed by atoms with van der Waals surface area (Å²) in [6, 6.07) is 6.72. The molecule has 1 aromatic rings. The van der Waals surface area contributed by atoms with Gasteiger partial charge in [0.1, 0.15) is 5.54 Å². The van der Waals surface area contributed by atoms with Gasteiger partial charge in [0.2, 0.25) is 5.91 Å². The molecule has 4 bridgehead atoms. The quantitative estimate of drug-likeness (QED) is 0.881. The Morgan fingerprint density at radius 3 is 2.54 bits per heavy atom. The second-order valence-electron chi connectivity index (χ2n) is 7.95. The lowest BCUT2D eigenvalue weighted by atomic mass is 9.65. The third-order valence-electron chi connectivity index (χ3n) is 7.31. The van der Waals surface area contributed by atoms with E-state index in [-0.39, 0.29) is 22.6 Å². The summed E-state index contributed by atoms with van der Waals surface area (Å²) in [6.45, 7) is 5.07. The average molecular weight is 348 g/mol. The summed E-state index contributed by atoms with van der Waals surface area (Å²) >= 11 is 5.88. The average Bonchev–Trinajstić information content (AvgIpc) is 2.97. The summed E-state index contributed by atoms with van der Waals surface area (Å²) in [7, 11) is 0. The Kier molecular flexibility index (Phi) is 3.14. The van der Waals surface area contributed by atoms with E-state index in [1.807, 2.05) is 5.01 Å². The van der Waals surface area contributed by atoms with Crippen LogP contribution < -0.4 is 11.2 Å². The number of nitrogens with two attached hydrogens (primary N) is 1. The molecule has 0 radical (unpaired) electrons. The van der Waals surface area contributed by atoms with Crippen LogP contribution in [0.25, 0.3) is 0 Å². The molecular weight excluding hydrogens is 326 g/mol. The van der Waals surface area contributed by atoms with Gasteiger partial charge in [0.25, 0.3) is 5.91 Å². The Bertz CT molecular complexity index is 736. The second-order valence-corrected chi connectivity index (χ2v) is 8.38. The fraction of sp³-hybridized carbons (Fsp3) is 0.556. The van der Waals surface area contributed by atoms with Crippen LogP contribution in [0, 0.1) is 16.7 Å². The fourth-order valence-electron chi connectivity index (χ4n) is 5.71. The predicted molar refractivity (Wildman–Crippen MR) is 91.1 cm³/mol. The lowest BCUT2D eigenvalue weighted by Gasteiger charge is -2.45. The molecule has 3 fully saturated rings. The first-order valence-electron chi connectivity index (χ1n) is 8.39. The van der Waals surface area contributed by atoms with Crippen molar-refractivity contribution in [2.45, 2.75) is 38.6 Å². The first-order valence-corrected chi connectivity index (χ1v) is 8.76. The Morgan fingerprint density at radius 2 is 1.96 bits per heavy atom. The van der Waals surface area contributed by atoms with Gasteiger partial charge in [0.05, 0.1) is 0 Å². The van der Waals surface area contributed by atoms with Gasteiger partial charge in [0.15, 0.2) is 0 Å². The fourth-order valence-corrected chi connectivity index (χ4v) is 5.84. The van der Waals surface area contributed by atoms with Crippen LogP contribution in [-0.4, -0.2) is 28.9 Å². The number of benzene rings is 1. The Morgan fingerprint density at radius 1 is 1.29 bits per heavy atom. The van der Waals surface area contributed by atoms with Gasteiger partial charge in [-0.25, -0.2) is 5.01 Å². The van der Waals surface area contributed by atoms with Crippen molar-refractivity contribution in [2.24, 2.45) is 22.5 Å². The molecule has 2 saturated carbocycles. The van der Waals surface area contributed by atoms with Gasteiger partial charge < -0.3 is 5.73 Å². The number of hydrazine groups is 1. The molecule has 2 aliphatic carbocycles. The second kappa shape index (κ2) is 4.73. The molecule has 0 aromatic heterocycles. The Balaban J connectivity index is 1.66. The van der Waals surface area contributed by atoms with E-state index in [4.69, 9.17) is 17.3 Å². The topological polar surface area (TPSA) is 75.4 Å². The zero-order valence-electron chi connectivity index (χ0n) is 13.9. The molecule has 4 atom stereocenters. The van der Waals surface area contributed by atoms with Crippen LogP contribution in [0.15, 0.2) is 24.3 Å². The number of nitrogens with one attached hydrogen (secondary N) is 1. The largest absolute Gasteiger partial charge is 0.368 e. The minimum atomic E-state index is -0.785. The van der Waals surface area contributed by atoms with E-state index in [0.29, 0.717) is 23.0 Å². The molecule has 5 nitrogen and oxygen atoms in total. The molecule has 1 heterocycles. The minimum absolute atomic E-state index is 0.00923. The van der Waals surface area contributed by atoms with Crippen LogP contribution in [0.5, 0.6) is 0 Å². The number of rotatable bonds is 3. The molecule has 6 heteroatoms. The van der Waals surface area contributed by atoms with Crippen molar-refractivity contribution >= 4 is 23.4 Å². The van der Waals surface area contributed by atoms with Gasteiger partial charge in [-0.15, -0.1) is 0 Å². The maximum atomic E-state index is 12.6. The SMILES string of the molecule is C[C@@]12CC[C@H]3C[C@@]1(C(N)=O)N(NC(=O)c1ccc(Cl)cc1)C[C@@]32C. The molecular formula is C18H22ClN3O2. The Labute approximate surface area is 146 Å². The van der Waals surface area contributed by atoms with E-state index < -0.39 is 5.54 Å². The smallest absolute Gasteiger partial charge is 0.265 e. The minimum Gasteiger partial charge on any atom is -0.368 e. The summed E-state index contributed by atoms with van der Waals surface area (Å²) in [5.74, 6) is -0.0612. The summed E-state index contributed by atoms with van der Waals surface area (Å²) in [5.41, 5.74) is 8.38. The number of amides is 2. The number of carbonyl (C=O) groups excluding carboxylic acids is 2. The molecule has 4 rings (SSSR count). The van der Waals surface area contributed by atoms with Crippen molar-refractivity contribution in [1.29, 1.82) is 0 Å². The third kappa shape index (κ3) is 1.64. The number of hydrogen-bond donors (Lipinski definition) is 2. The van der Waals surface area contributed by atoms with Crippen molar-refractivity contribution in [2.75, 3.05) is 6.54 Å². The van der Waals surface area contributed by atoms with E-state index in [9.17, 15) is 9.59 Å². The van der Waals surface area contributed by atoms with Crippen LogP contribution in [0.3, 0.4) is 0 Å².